The van der Waals surface area contributed by atoms with Crippen LogP contribution in [-0.2, 0) is 6.42 Å². The van der Waals surface area contributed by atoms with E-state index in [-0.39, 0.29) is 5.91 Å². The molecule has 0 aliphatic heterocycles. The van der Waals surface area contributed by atoms with Crippen LogP contribution in [0.15, 0.2) is 60.7 Å². The quantitative estimate of drug-likeness (QED) is 0.650. The van der Waals surface area contributed by atoms with Gasteiger partial charge >= 0.3 is 0 Å². The normalized spacial score (nSPS) is 10.5. The lowest BCUT2D eigenvalue weighted by Crippen LogP contribution is -2.25. The van der Waals surface area contributed by atoms with Crippen LogP contribution in [0.1, 0.15) is 22.3 Å². The summed E-state index contributed by atoms with van der Waals surface area (Å²) in [5, 5.41) is 5.49. The summed E-state index contributed by atoms with van der Waals surface area (Å²) in [6.45, 7) is 0.600. The van der Waals surface area contributed by atoms with Gasteiger partial charge in [-0.15, -0.1) is 0 Å². The number of para-hydroxylation sites is 1. The SMILES string of the molecule is COc1cccc(C(=O)NCCCc2cccc3ccccc23)c1OC. The third-order valence-electron chi connectivity index (χ3n) is 4.44. The molecule has 0 saturated heterocycles. The predicted molar refractivity (Wildman–Crippen MR) is 104 cm³/mol. The van der Waals surface area contributed by atoms with Crippen molar-refractivity contribution in [3.8, 4) is 11.5 Å². The molecule has 0 aliphatic rings. The number of hydrogen-bond donors (Lipinski definition) is 1. The first-order chi connectivity index (χ1) is 12.7. The van der Waals surface area contributed by atoms with Crippen LogP contribution in [0.3, 0.4) is 0 Å². The van der Waals surface area contributed by atoms with Gasteiger partial charge in [0.25, 0.3) is 5.91 Å². The summed E-state index contributed by atoms with van der Waals surface area (Å²) in [5.41, 5.74) is 1.79. The number of fused-ring (bicyclic) bond motifs is 1. The summed E-state index contributed by atoms with van der Waals surface area (Å²) in [6.07, 6.45) is 1.78. The van der Waals surface area contributed by atoms with E-state index in [1.807, 2.05) is 6.07 Å². The summed E-state index contributed by atoms with van der Waals surface area (Å²) in [7, 11) is 3.10. The second-order valence-electron chi connectivity index (χ2n) is 6.04. The Balaban J connectivity index is 1.61. The second kappa shape index (κ2) is 8.39. The first-order valence-corrected chi connectivity index (χ1v) is 8.70. The second-order valence-corrected chi connectivity index (χ2v) is 6.04. The lowest BCUT2D eigenvalue weighted by atomic mass is 10.0. The Morgan fingerprint density at radius 2 is 1.69 bits per heavy atom. The highest BCUT2D eigenvalue weighted by atomic mass is 16.5. The van der Waals surface area contributed by atoms with Crippen LogP contribution in [0.2, 0.25) is 0 Å². The van der Waals surface area contributed by atoms with Gasteiger partial charge in [-0.2, -0.15) is 0 Å². The Kier molecular flexibility index (Phi) is 5.74. The van der Waals surface area contributed by atoms with Gasteiger partial charge in [0.05, 0.1) is 19.8 Å². The van der Waals surface area contributed by atoms with Gasteiger partial charge in [0.1, 0.15) is 0 Å². The number of carbonyl (C=O) groups is 1. The zero-order valence-electron chi connectivity index (χ0n) is 15.1. The van der Waals surface area contributed by atoms with Crippen molar-refractivity contribution < 1.29 is 14.3 Å². The molecular weight excluding hydrogens is 326 g/mol. The molecule has 3 rings (SSSR count). The number of ether oxygens (including phenoxy) is 2. The summed E-state index contributed by atoms with van der Waals surface area (Å²) >= 11 is 0. The van der Waals surface area contributed by atoms with Gasteiger partial charge in [-0.25, -0.2) is 0 Å². The lowest BCUT2D eigenvalue weighted by molar-refractivity contribution is 0.0949. The van der Waals surface area contributed by atoms with Crippen LogP contribution in [0.25, 0.3) is 10.8 Å². The monoisotopic (exact) mass is 349 g/mol. The van der Waals surface area contributed by atoms with Crippen molar-refractivity contribution in [3.63, 3.8) is 0 Å². The van der Waals surface area contributed by atoms with Crippen molar-refractivity contribution in [2.45, 2.75) is 12.8 Å². The number of amides is 1. The maximum absolute atomic E-state index is 12.5. The topological polar surface area (TPSA) is 47.6 Å². The number of hydrogen-bond acceptors (Lipinski definition) is 3. The average molecular weight is 349 g/mol. The molecule has 0 aromatic heterocycles. The highest BCUT2D eigenvalue weighted by Gasteiger charge is 2.15. The van der Waals surface area contributed by atoms with E-state index in [0.717, 1.165) is 12.8 Å². The van der Waals surface area contributed by atoms with E-state index in [1.165, 1.54) is 23.4 Å². The molecule has 1 amide bonds. The molecule has 4 nitrogen and oxygen atoms in total. The summed E-state index contributed by atoms with van der Waals surface area (Å²) in [4.78, 5) is 12.5. The molecule has 4 heteroatoms. The fourth-order valence-electron chi connectivity index (χ4n) is 3.15. The smallest absolute Gasteiger partial charge is 0.255 e. The van der Waals surface area contributed by atoms with Gasteiger partial charge in [0, 0.05) is 6.54 Å². The summed E-state index contributed by atoms with van der Waals surface area (Å²) < 4.78 is 10.6. The van der Waals surface area contributed by atoms with Crippen LogP contribution < -0.4 is 14.8 Å². The third kappa shape index (κ3) is 3.80. The molecule has 0 heterocycles. The molecule has 3 aromatic rings. The lowest BCUT2D eigenvalue weighted by Gasteiger charge is -2.12. The molecule has 0 radical (unpaired) electrons. The minimum absolute atomic E-state index is 0.154. The first-order valence-electron chi connectivity index (χ1n) is 8.70. The van der Waals surface area contributed by atoms with Crippen LogP contribution in [0, 0.1) is 0 Å². The van der Waals surface area contributed by atoms with E-state index in [2.05, 4.69) is 41.7 Å². The van der Waals surface area contributed by atoms with Gasteiger partial charge in [-0.05, 0) is 41.3 Å². The zero-order valence-corrected chi connectivity index (χ0v) is 15.1. The standard InChI is InChI=1S/C22H23NO3/c1-25-20-14-6-13-19(21(20)26-2)22(24)23-15-7-11-17-10-5-9-16-8-3-4-12-18(16)17/h3-6,8-10,12-14H,7,11,15H2,1-2H3,(H,23,24). The van der Waals surface area contributed by atoms with Crippen molar-refractivity contribution >= 4 is 16.7 Å². The fraction of sp³-hybridized carbons (Fsp3) is 0.227. The van der Waals surface area contributed by atoms with Crippen molar-refractivity contribution in [2.24, 2.45) is 0 Å². The molecule has 0 spiro atoms. The molecule has 3 aromatic carbocycles. The Bertz CT molecular complexity index is 900. The number of nitrogens with one attached hydrogen (secondary N) is 1. The Morgan fingerprint density at radius 3 is 2.50 bits per heavy atom. The van der Waals surface area contributed by atoms with E-state index in [1.54, 1.807) is 25.3 Å². The highest BCUT2D eigenvalue weighted by Crippen LogP contribution is 2.30. The summed E-state index contributed by atoms with van der Waals surface area (Å²) in [5.74, 6) is 0.858. The van der Waals surface area contributed by atoms with Crippen LogP contribution in [0.4, 0.5) is 0 Å². The molecule has 0 fully saturated rings. The molecule has 0 unspecified atom stereocenters. The van der Waals surface area contributed by atoms with Gasteiger partial charge in [-0.1, -0.05) is 48.5 Å². The molecule has 1 N–H and O–H groups in total. The molecule has 0 atom stereocenters. The van der Waals surface area contributed by atoms with Crippen LogP contribution >= 0.6 is 0 Å². The van der Waals surface area contributed by atoms with Crippen molar-refractivity contribution in [1.29, 1.82) is 0 Å². The average Bonchev–Trinajstić information content (AvgIpc) is 2.70. The molecule has 134 valence electrons. The molecule has 0 bridgehead atoms. The van der Waals surface area contributed by atoms with Crippen molar-refractivity contribution in [3.05, 3.63) is 71.8 Å². The summed E-state index contributed by atoms with van der Waals surface area (Å²) in [6, 6.07) is 20.0. The molecular formula is C22H23NO3. The van der Waals surface area contributed by atoms with E-state index in [0.29, 0.717) is 23.6 Å². The van der Waals surface area contributed by atoms with E-state index in [9.17, 15) is 4.79 Å². The van der Waals surface area contributed by atoms with Gasteiger partial charge in [0.15, 0.2) is 11.5 Å². The number of methoxy groups -OCH3 is 2. The Hall–Kier alpha value is -3.01. The highest BCUT2D eigenvalue weighted by molar-refractivity contribution is 5.97. The molecule has 26 heavy (non-hydrogen) atoms. The van der Waals surface area contributed by atoms with E-state index >= 15 is 0 Å². The van der Waals surface area contributed by atoms with Crippen molar-refractivity contribution in [1.82, 2.24) is 5.32 Å². The maximum atomic E-state index is 12.5. The van der Waals surface area contributed by atoms with Crippen LogP contribution in [0.5, 0.6) is 11.5 Å². The molecule has 0 aliphatic carbocycles. The van der Waals surface area contributed by atoms with E-state index in [4.69, 9.17) is 9.47 Å². The third-order valence-corrected chi connectivity index (χ3v) is 4.44. The largest absolute Gasteiger partial charge is 0.493 e. The number of benzene rings is 3. The predicted octanol–water partition coefficient (Wildman–Crippen LogP) is 4.22. The maximum Gasteiger partial charge on any atom is 0.255 e. The number of carbonyl (C=O) groups excluding carboxylic acids is 1. The minimum Gasteiger partial charge on any atom is -0.493 e. The van der Waals surface area contributed by atoms with Crippen molar-refractivity contribution in [2.75, 3.05) is 20.8 Å². The van der Waals surface area contributed by atoms with Crippen LogP contribution in [-0.4, -0.2) is 26.7 Å². The Morgan fingerprint density at radius 1 is 0.923 bits per heavy atom. The molecule has 0 saturated carbocycles. The Labute approximate surface area is 153 Å². The fourth-order valence-corrected chi connectivity index (χ4v) is 3.15. The van der Waals surface area contributed by atoms with Gasteiger partial charge in [0.2, 0.25) is 0 Å². The number of aryl methyl sites for hydroxylation is 1. The minimum atomic E-state index is -0.154. The van der Waals surface area contributed by atoms with Gasteiger partial charge in [-0.3, -0.25) is 4.79 Å². The number of rotatable bonds is 7. The zero-order chi connectivity index (χ0) is 18.4. The van der Waals surface area contributed by atoms with Gasteiger partial charge < -0.3 is 14.8 Å². The first kappa shape index (κ1) is 17.8. The van der Waals surface area contributed by atoms with E-state index < -0.39 is 0 Å².